The van der Waals surface area contributed by atoms with Gasteiger partial charge in [-0.1, -0.05) is 30.3 Å². The van der Waals surface area contributed by atoms with E-state index in [9.17, 15) is 9.59 Å². The van der Waals surface area contributed by atoms with Crippen LogP contribution in [0.4, 0.5) is 0 Å². The van der Waals surface area contributed by atoms with E-state index in [0.717, 1.165) is 5.56 Å². The van der Waals surface area contributed by atoms with E-state index in [1.54, 1.807) is 6.92 Å². The number of carboxylic acid groups (broad SMARTS) is 1. The molecule has 4 heteroatoms. The minimum absolute atomic E-state index is 0.0120. The van der Waals surface area contributed by atoms with Gasteiger partial charge in [0.25, 0.3) is 0 Å². The largest absolute Gasteiger partial charge is 0.481 e. The maximum atomic E-state index is 11.5. The van der Waals surface area contributed by atoms with Crippen LogP contribution in [0.25, 0.3) is 0 Å². The number of benzene rings is 1. The van der Waals surface area contributed by atoms with Gasteiger partial charge in [0.1, 0.15) is 5.78 Å². The van der Waals surface area contributed by atoms with Crippen LogP contribution in [0.2, 0.25) is 0 Å². The van der Waals surface area contributed by atoms with Gasteiger partial charge in [0, 0.05) is 6.42 Å². The predicted octanol–water partition coefficient (Wildman–Crippen LogP) is 1.24. The SMILES string of the molecule is C[C@H](N)C(=O)C[C@H](Cc1ccccc1)C(=O)O. The van der Waals surface area contributed by atoms with Crippen molar-refractivity contribution in [2.45, 2.75) is 25.8 Å². The number of Topliss-reactive ketones (excluding diaryl/α,β-unsaturated/α-hetero) is 1. The molecule has 0 aliphatic rings. The van der Waals surface area contributed by atoms with Crippen LogP contribution < -0.4 is 5.73 Å². The number of carbonyl (C=O) groups is 2. The standard InChI is InChI=1S/C13H17NO3/c1-9(14)12(15)8-11(13(16)17)7-10-5-3-2-4-6-10/h2-6,9,11H,7-8,14H2,1H3,(H,16,17)/t9-,11-/m0/s1. The lowest BCUT2D eigenvalue weighted by molar-refractivity contribution is -0.143. The Morgan fingerprint density at radius 3 is 2.35 bits per heavy atom. The summed E-state index contributed by atoms with van der Waals surface area (Å²) in [5, 5.41) is 9.07. The van der Waals surface area contributed by atoms with Crippen molar-refractivity contribution < 1.29 is 14.7 Å². The molecule has 1 rings (SSSR count). The molecule has 17 heavy (non-hydrogen) atoms. The van der Waals surface area contributed by atoms with E-state index in [-0.39, 0.29) is 12.2 Å². The monoisotopic (exact) mass is 235 g/mol. The molecule has 92 valence electrons. The Labute approximate surface area is 100 Å². The van der Waals surface area contributed by atoms with Gasteiger partial charge < -0.3 is 10.8 Å². The van der Waals surface area contributed by atoms with Crippen molar-refractivity contribution in [2.24, 2.45) is 11.7 Å². The van der Waals surface area contributed by atoms with Crippen LogP contribution in [-0.4, -0.2) is 22.9 Å². The summed E-state index contributed by atoms with van der Waals surface area (Å²) in [6, 6.07) is 8.67. The van der Waals surface area contributed by atoms with Crippen LogP contribution >= 0.6 is 0 Å². The van der Waals surface area contributed by atoms with Gasteiger partial charge in [0.05, 0.1) is 12.0 Å². The Hall–Kier alpha value is -1.68. The van der Waals surface area contributed by atoms with Crippen molar-refractivity contribution in [1.82, 2.24) is 0 Å². The average molecular weight is 235 g/mol. The molecule has 0 saturated heterocycles. The fourth-order valence-electron chi connectivity index (χ4n) is 1.57. The molecule has 0 aliphatic carbocycles. The third-order valence-corrected chi connectivity index (χ3v) is 2.63. The Kier molecular flexibility index (Phi) is 4.84. The molecule has 0 unspecified atom stereocenters. The average Bonchev–Trinajstić information content (AvgIpc) is 2.29. The smallest absolute Gasteiger partial charge is 0.307 e. The summed E-state index contributed by atoms with van der Waals surface area (Å²) >= 11 is 0. The van der Waals surface area contributed by atoms with Gasteiger partial charge in [0.15, 0.2) is 0 Å². The van der Waals surface area contributed by atoms with Gasteiger partial charge in [-0.15, -0.1) is 0 Å². The van der Waals surface area contributed by atoms with Gasteiger partial charge in [-0.25, -0.2) is 0 Å². The number of ketones is 1. The van der Waals surface area contributed by atoms with Crippen molar-refractivity contribution in [3.05, 3.63) is 35.9 Å². The number of hydrogen-bond donors (Lipinski definition) is 2. The molecule has 1 aromatic carbocycles. The Balaban J connectivity index is 2.68. The predicted molar refractivity (Wildman–Crippen MR) is 64.5 cm³/mol. The molecule has 0 spiro atoms. The van der Waals surface area contributed by atoms with E-state index in [0.29, 0.717) is 6.42 Å². The number of rotatable bonds is 6. The van der Waals surface area contributed by atoms with E-state index in [2.05, 4.69) is 0 Å². The molecular weight excluding hydrogens is 218 g/mol. The minimum Gasteiger partial charge on any atom is -0.481 e. The van der Waals surface area contributed by atoms with Crippen molar-refractivity contribution in [2.75, 3.05) is 0 Å². The molecule has 0 saturated carbocycles. The molecule has 2 atom stereocenters. The molecule has 0 amide bonds. The first-order chi connectivity index (χ1) is 8.00. The fourth-order valence-corrected chi connectivity index (χ4v) is 1.57. The summed E-state index contributed by atoms with van der Waals surface area (Å²) in [4.78, 5) is 22.5. The summed E-state index contributed by atoms with van der Waals surface area (Å²) in [6.07, 6.45) is 0.344. The lowest BCUT2D eigenvalue weighted by Gasteiger charge is -2.13. The fraction of sp³-hybridized carbons (Fsp3) is 0.385. The Morgan fingerprint density at radius 2 is 1.88 bits per heavy atom. The first kappa shape index (κ1) is 13.4. The van der Waals surface area contributed by atoms with Crippen molar-refractivity contribution >= 4 is 11.8 Å². The van der Waals surface area contributed by atoms with Gasteiger partial charge in [-0.2, -0.15) is 0 Å². The van der Waals surface area contributed by atoms with Crippen LogP contribution in [0.3, 0.4) is 0 Å². The topological polar surface area (TPSA) is 80.4 Å². The first-order valence-corrected chi connectivity index (χ1v) is 5.55. The Bertz CT molecular complexity index is 387. The van der Waals surface area contributed by atoms with Gasteiger partial charge >= 0.3 is 5.97 Å². The van der Waals surface area contributed by atoms with Gasteiger partial charge in [-0.3, -0.25) is 9.59 Å². The van der Waals surface area contributed by atoms with E-state index >= 15 is 0 Å². The third kappa shape index (κ3) is 4.36. The van der Waals surface area contributed by atoms with Crippen molar-refractivity contribution in [3.8, 4) is 0 Å². The first-order valence-electron chi connectivity index (χ1n) is 5.55. The molecular formula is C13H17NO3. The van der Waals surface area contributed by atoms with E-state index in [1.807, 2.05) is 30.3 Å². The number of hydrogen-bond acceptors (Lipinski definition) is 3. The second kappa shape index (κ2) is 6.15. The van der Waals surface area contributed by atoms with Gasteiger partial charge in [-0.05, 0) is 18.9 Å². The van der Waals surface area contributed by atoms with Crippen LogP contribution in [0.15, 0.2) is 30.3 Å². The molecule has 0 bridgehead atoms. The molecule has 0 fully saturated rings. The molecule has 0 aromatic heterocycles. The highest BCUT2D eigenvalue weighted by Crippen LogP contribution is 2.13. The molecule has 3 N–H and O–H groups in total. The summed E-state index contributed by atoms with van der Waals surface area (Å²) < 4.78 is 0. The van der Waals surface area contributed by atoms with Crippen LogP contribution in [0.1, 0.15) is 18.9 Å². The highest BCUT2D eigenvalue weighted by atomic mass is 16.4. The van der Waals surface area contributed by atoms with E-state index in [4.69, 9.17) is 10.8 Å². The normalized spacial score (nSPS) is 14.0. The van der Waals surface area contributed by atoms with Crippen LogP contribution in [0, 0.1) is 5.92 Å². The summed E-state index contributed by atoms with van der Waals surface area (Å²) in [6.45, 7) is 1.57. The minimum atomic E-state index is -0.956. The number of nitrogens with two attached hydrogens (primary N) is 1. The zero-order chi connectivity index (χ0) is 12.8. The maximum Gasteiger partial charge on any atom is 0.307 e. The van der Waals surface area contributed by atoms with Crippen molar-refractivity contribution in [1.29, 1.82) is 0 Å². The maximum absolute atomic E-state index is 11.5. The third-order valence-electron chi connectivity index (χ3n) is 2.63. The highest BCUT2D eigenvalue weighted by molar-refractivity contribution is 5.87. The quantitative estimate of drug-likeness (QED) is 0.777. The zero-order valence-electron chi connectivity index (χ0n) is 9.80. The zero-order valence-corrected chi connectivity index (χ0v) is 9.80. The second-order valence-electron chi connectivity index (χ2n) is 4.18. The summed E-state index contributed by atoms with van der Waals surface area (Å²) in [5.74, 6) is -1.87. The van der Waals surface area contributed by atoms with E-state index < -0.39 is 17.9 Å². The number of carboxylic acids is 1. The van der Waals surface area contributed by atoms with Crippen LogP contribution in [0.5, 0.6) is 0 Å². The molecule has 4 nitrogen and oxygen atoms in total. The lowest BCUT2D eigenvalue weighted by atomic mass is 9.93. The second-order valence-corrected chi connectivity index (χ2v) is 4.18. The molecule has 0 radical (unpaired) electrons. The Morgan fingerprint density at radius 1 is 1.29 bits per heavy atom. The molecule has 0 aliphatic heterocycles. The number of carbonyl (C=O) groups excluding carboxylic acids is 1. The molecule has 0 heterocycles. The van der Waals surface area contributed by atoms with Crippen molar-refractivity contribution in [3.63, 3.8) is 0 Å². The summed E-state index contributed by atoms with van der Waals surface area (Å²) in [7, 11) is 0. The van der Waals surface area contributed by atoms with Gasteiger partial charge in [0.2, 0.25) is 0 Å². The van der Waals surface area contributed by atoms with Crippen LogP contribution in [-0.2, 0) is 16.0 Å². The van der Waals surface area contributed by atoms with E-state index in [1.165, 1.54) is 0 Å². The number of aliphatic carboxylic acids is 1. The summed E-state index contributed by atoms with van der Waals surface area (Å²) in [5.41, 5.74) is 6.35. The highest BCUT2D eigenvalue weighted by Gasteiger charge is 2.22. The molecule has 1 aromatic rings. The lowest BCUT2D eigenvalue weighted by Crippen LogP contribution is -2.31.